The highest BCUT2D eigenvalue weighted by Crippen LogP contribution is 2.34. The van der Waals surface area contributed by atoms with Crippen LogP contribution in [0.5, 0.6) is 17.2 Å². The minimum absolute atomic E-state index is 0.0644. The molecule has 25 heavy (non-hydrogen) atoms. The summed E-state index contributed by atoms with van der Waals surface area (Å²) in [5.74, 6) is 0.697. The maximum Gasteiger partial charge on any atom is 0.254 e. The standard InChI is InChI=1S/C18H18ClNO5/c1-20-18(22)14-6-15(19)17(7-16(14)25-10-13-9-23-13)24-8-11-2-4-12(21)5-3-11/h2-7,13,21H,8-10H2,1H3,(H,20,22)/t13-/m0/s1. The minimum atomic E-state index is -0.293. The zero-order valence-corrected chi connectivity index (χ0v) is 14.4. The van der Waals surface area contributed by atoms with E-state index in [1.807, 2.05) is 0 Å². The maximum absolute atomic E-state index is 12.0. The van der Waals surface area contributed by atoms with E-state index < -0.39 is 0 Å². The van der Waals surface area contributed by atoms with Gasteiger partial charge in [0.2, 0.25) is 0 Å². The molecule has 1 atom stereocenters. The van der Waals surface area contributed by atoms with Crippen LogP contribution >= 0.6 is 11.6 Å². The maximum atomic E-state index is 12.0. The minimum Gasteiger partial charge on any atom is -0.508 e. The number of ether oxygens (including phenoxy) is 3. The fourth-order valence-electron chi connectivity index (χ4n) is 2.18. The Bertz CT molecular complexity index is 759. The fraction of sp³-hybridized carbons (Fsp3) is 0.278. The van der Waals surface area contributed by atoms with E-state index in [0.717, 1.165) is 5.56 Å². The number of halogens is 1. The van der Waals surface area contributed by atoms with Crippen LogP contribution in [0.4, 0.5) is 0 Å². The molecule has 132 valence electrons. The van der Waals surface area contributed by atoms with Crippen molar-refractivity contribution >= 4 is 17.5 Å². The Morgan fingerprint density at radius 3 is 2.64 bits per heavy atom. The number of aromatic hydroxyl groups is 1. The Hall–Kier alpha value is -2.44. The summed E-state index contributed by atoms with van der Waals surface area (Å²) in [6.07, 6.45) is 0.0644. The van der Waals surface area contributed by atoms with Crippen LogP contribution < -0.4 is 14.8 Å². The van der Waals surface area contributed by atoms with E-state index >= 15 is 0 Å². The van der Waals surface area contributed by atoms with E-state index in [0.29, 0.717) is 35.3 Å². The van der Waals surface area contributed by atoms with Gasteiger partial charge in [-0.2, -0.15) is 0 Å². The van der Waals surface area contributed by atoms with Crippen LogP contribution in [0.25, 0.3) is 0 Å². The number of hydrogen-bond acceptors (Lipinski definition) is 5. The SMILES string of the molecule is CNC(=O)c1cc(Cl)c(OCc2ccc(O)cc2)cc1OC[C@@H]1CO1. The summed E-state index contributed by atoms with van der Waals surface area (Å²) in [5.41, 5.74) is 1.21. The number of epoxide rings is 1. The summed E-state index contributed by atoms with van der Waals surface area (Å²) in [6, 6.07) is 9.80. The number of carbonyl (C=O) groups is 1. The van der Waals surface area contributed by atoms with E-state index in [4.69, 9.17) is 25.8 Å². The van der Waals surface area contributed by atoms with Gasteiger partial charge >= 0.3 is 0 Å². The largest absolute Gasteiger partial charge is 0.508 e. The molecule has 2 aromatic rings. The zero-order valence-electron chi connectivity index (χ0n) is 13.6. The lowest BCUT2D eigenvalue weighted by Gasteiger charge is -2.14. The number of nitrogens with one attached hydrogen (secondary N) is 1. The first-order valence-electron chi connectivity index (χ1n) is 7.77. The van der Waals surface area contributed by atoms with Gasteiger partial charge in [-0.1, -0.05) is 23.7 Å². The molecule has 1 saturated heterocycles. The first-order chi connectivity index (χ1) is 12.1. The summed E-state index contributed by atoms with van der Waals surface area (Å²) < 4.78 is 16.6. The van der Waals surface area contributed by atoms with Gasteiger partial charge in [0, 0.05) is 13.1 Å². The number of carbonyl (C=O) groups excluding carboxylic acids is 1. The molecular weight excluding hydrogens is 346 g/mol. The van der Waals surface area contributed by atoms with Crippen LogP contribution in [0.3, 0.4) is 0 Å². The molecule has 7 heteroatoms. The molecule has 0 aliphatic carbocycles. The molecule has 0 spiro atoms. The molecule has 0 aromatic heterocycles. The van der Waals surface area contributed by atoms with E-state index in [1.54, 1.807) is 37.4 Å². The molecule has 3 rings (SSSR count). The second-order valence-electron chi connectivity index (χ2n) is 5.58. The van der Waals surface area contributed by atoms with Crippen molar-refractivity contribution in [3.05, 3.63) is 52.5 Å². The Kier molecular flexibility index (Phi) is 5.31. The number of rotatable bonds is 7. The first-order valence-corrected chi connectivity index (χ1v) is 8.15. The van der Waals surface area contributed by atoms with Gasteiger partial charge in [0.15, 0.2) is 0 Å². The van der Waals surface area contributed by atoms with Crippen LogP contribution in [0.2, 0.25) is 5.02 Å². The van der Waals surface area contributed by atoms with Crippen LogP contribution in [-0.2, 0) is 11.3 Å². The zero-order chi connectivity index (χ0) is 17.8. The smallest absolute Gasteiger partial charge is 0.254 e. The topological polar surface area (TPSA) is 80.3 Å². The van der Waals surface area contributed by atoms with Crippen LogP contribution in [0, 0.1) is 0 Å². The second kappa shape index (κ2) is 7.63. The van der Waals surface area contributed by atoms with Crippen LogP contribution in [0.15, 0.2) is 36.4 Å². The van der Waals surface area contributed by atoms with E-state index in [2.05, 4.69) is 5.32 Å². The van der Waals surface area contributed by atoms with Gasteiger partial charge in [0.1, 0.15) is 36.6 Å². The summed E-state index contributed by atoms with van der Waals surface area (Å²) in [7, 11) is 1.54. The third kappa shape index (κ3) is 4.55. The van der Waals surface area contributed by atoms with Crippen molar-refractivity contribution in [2.24, 2.45) is 0 Å². The third-order valence-electron chi connectivity index (χ3n) is 3.66. The highest BCUT2D eigenvalue weighted by Gasteiger charge is 2.25. The Labute approximate surface area is 150 Å². The summed E-state index contributed by atoms with van der Waals surface area (Å²) in [4.78, 5) is 12.0. The number of hydrogen-bond donors (Lipinski definition) is 2. The van der Waals surface area contributed by atoms with Gasteiger partial charge < -0.3 is 24.6 Å². The second-order valence-corrected chi connectivity index (χ2v) is 5.99. The van der Waals surface area contributed by atoms with Crippen molar-refractivity contribution < 1.29 is 24.1 Å². The predicted molar refractivity (Wildman–Crippen MR) is 92.5 cm³/mol. The number of amides is 1. The average molecular weight is 364 g/mol. The summed E-state index contributed by atoms with van der Waals surface area (Å²) >= 11 is 6.24. The van der Waals surface area contributed by atoms with Crippen molar-refractivity contribution in [3.8, 4) is 17.2 Å². The normalized spacial score (nSPS) is 15.5. The lowest BCUT2D eigenvalue weighted by Crippen LogP contribution is -2.19. The number of phenols is 1. The van der Waals surface area contributed by atoms with Crippen molar-refractivity contribution in [3.63, 3.8) is 0 Å². The number of benzene rings is 2. The summed E-state index contributed by atoms with van der Waals surface area (Å²) in [5, 5.41) is 12.2. The van der Waals surface area contributed by atoms with Crippen LogP contribution in [-0.4, -0.2) is 37.4 Å². The van der Waals surface area contributed by atoms with Gasteiger partial charge in [-0.3, -0.25) is 4.79 Å². The van der Waals surface area contributed by atoms with Crippen molar-refractivity contribution in [2.75, 3.05) is 20.3 Å². The molecule has 0 unspecified atom stereocenters. The van der Waals surface area contributed by atoms with Gasteiger partial charge in [-0.05, 0) is 23.8 Å². The molecule has 0 bridgehead atoms. The molecule has 1 aliphatic rings. The van der Waals surface area contributed by atoms with E-state index in [1.165, 1.54) is 6.07 Å². The highest BCUT2D eigenvalue weighted by atomic mass is 35.5. The molecule has 0 saturated carbocycles. The van der Waals surface area contributed by atoms with Crippen LogP contribution in [0.1, 0.15) is 15.9 Å². The molecule has 1 heterocycles. The van der Waals surface area contributed by atoms with E-state index in [9.17, 15) is 9.90 Å². The Morgan fingerprint density at radius 1 is 1.28 bits per heavy atom. The molecule has 2 aromatic carbocycles. The van der Waals surface area contributed by atoms with Gasteiger partial charge in [0.05, 0.1) is 17.2 Å². The van der Waals surface area contributed by atoms with Crippen molar-refractivity contribution in [1.29, 1.82) is 0 Å². The predicted octanol–water partition coefficient (Wildman–Crippen LogP) is 2.76. The molecular formula is C18H18ClNO5. The van der Waals surface area contributed by atoms with Gasteiger partial charge in [-0.15, -0.1) is 0 Å². The lowest BCUT2D eigenvalue weighted by molar-refractivity contribution is 0.0958. The third-order valence-corrected chi connectivity index (χ3v) is 3.96. The summed E-state index contributed by atoms with van der Waals surface area (Å²) in [6.45, 7) is 1.29. The van der Waals surface area contributed by atoms with Gasteiger partial charge in [-0.25, -0.2) is 0 Å². The molecule has 1 amide bonds. The fourth-order valence-corrected chi connectivity index (χ4v) is 2.40. The average Bonchev–Trinajstić information content (AvgIpc) is 3.44. The molecule has 1 aliphatic heterocycles. The molecule has 6 nitrogen and oxygen atoms in total. The molecule has 2 N–H and O–H groups in total. The highest BCUT2D eigenvalue weighted by molar-refractivity contribution is 6.32. The first kappa shape index (κ1) is 17.4. The number of phenolic OH excluding ortho intramolecular Hbond substituents is 1. The lowest BCUT2D eigenvalue weighted by atomic mass is 10.1. The van der Waals surface area contributed by atoms with Crippen molar-refractivity contribution in [2.45, 2.75) is 12.7 Å². The van der Waals surface area contributed by atoms with E-state index in [-0.39, 0.29) is 24.4 Å². The molecule has 0 radical (unpaired) electrons. The van der Waals surface area contributed by atoms with Gasteiger partial charge in [0.25, 0.3) is 5.91 Å². The Balaban J connectivity index is 1.78. The monoisotopic (exact) mass is 363 g/mol. The van der Waals surface area contributed by atoms with Crippen molar-refractivity contribution in [1.82, 2.24) is 5.32 Å². The quantitative estimate of drug-likeness (QED) is 0.739. The molecule has 1 fully saturated rings. The Morgan fingerprint density at radius 2 is 2.00 bits per heavy atom.